The molecule has 0 unspecified atom stereocenters. The minimum Gasteiger partial charge on any atom is -0.353 e. The number of allylic oxidation sites excluding steroid dienone is 2. The quantitative estimate of drug-likeness (QED) is 0.780. The lowest BCUT2D eigenvalue weighted by Crippen LogP contribution is -2.55. The van der Waals surface area contributed by atoms with Crippen molar-refractivity contribution in [2.75, 3.05) is 6.54 Å². The van der Waals surface area contributed by atoms with Gasteiger partial charge in [-0.15, -0.1) is 0 Å². The third kappa shape index (κ3) is 3.70. The van der Waals surface area contributed by atoms with Crippen LogP contribution in [0.3, 0.4) is 0 Å². The maximum Gasteiger partial charge on any atom is 0.227 e. The van der Waals surface area contributed by atoms with Crippen molar-refractivity contribution in [1.29, 1.82) is 0 Å². The van der Waals surface area contributed by atoms with Crippen LogP contribution >= 0.6 is 0 Å². The third-order valence-electron chi connectivity index (χ3n) is 7.24. The van der Waals surface area contributed by atoms with E-state index in [1.54, 1.807) is 0 Å². The highest BCUT2D eigenvalue weighted by molar-refractivity contribution is 5.89. The summed E-state index contributed by atoms with van der Waals surface area (Å²) in [5.74, 6) is 0.375. The molecule has 2 amide bonds. The molecule has 0 bridgehead atoms. The maximum absolute atomic E-state index is 13.4. The minimum absolute atomic E-state index is 0.126. The van der Waals surface area contributed by atoms with Crippen molar-refractivity contribution in [3.05, 3.63) is 12.2 Å². The predicted octanol–water partition coefficient (Wildman–Crippen LogP) is 3.81. The number of carbonyl (C=O) groups is 2. The minimum atomic E-state index is -0.161. The van der Waals surface area contributed by atoms with Gasteiger partial charge in [0.05, 0.1) is 11.8 Å². The molecule has 0 spiro atoms. The highest BCUT2D eigenvalue weighted by atomic mass is 16.2. The van der Waals surface area contributed by atoms with Crippen molar-refractivity contribution < 1.29 is 9.59 Å². The smallest absolute Gasteiger partial charge is 0.227 e. The Kier molecular flexibility index (Phi) is 5.66. The summed E-state index contributed by atoms with van der Waals surface area (Å²) in [6.07, 6.45) is 18.1. The van der Waals surface area contributed by atoms with E-state index < -0.39 is 0 Å². The van der Waals surface area contributed by atoms with Crippen molar-refractivity contribution in [3.8, 4) is 0 Å². The van der Waals surface area contributed by atoms with Crippen molar-refractivity contribution in [2.24, 2.45) is 17.8 Å². The first-order valence-electron chi connectivity index (χ1n) is 11.0. The van der Waals surface area contributed by atoms with Gasteiger partial charge in [0.2, 0.25) is 11.8 Å². The first-order chi connectivity index (χ1) is 12.7. The molecule has 0 aromatic carbocycles. The highest BCUT2D eigenvalue weighted by Gasteiger charge is 2.46. The van der Waals surface area contributed by atoms with Gasteiger partial charge in [0.15, 0.2) is 0 Å². The van der Waals surface area contributed by atoms with Gasteiger partial charge in [-0.05, 0) is 44.4 Å². The normalized spacial score (nSPS) is 33.8. The van der Waals surface area contributed by atoms with Gasteiger partial charge in [-0.3, -0.25) is 9.59 Å². The second-order valence-electron chi connectivity index (χ2n) is 8.92. The van der Waals surface area contributed by atoms with Crippen LogP contribution in [0.25, 0.3) is 0 Å². The summed E-state index contributed by atoms with van der Waals surface area (Å²) in [6, 6.07) is 0.749. The molecule has 0 radical (unpaired) electrons. The van der Waals surface area contributed by atoms with Gasteiger partial charge in [-0.25, -0.2) is 0 Å². The molecular formula is C22H34N2O2. The summed E-state index contributed by atoms with van der Waals surface area (Å²) in [5, 5.41) is 3.29. The molecule has 0 aromatic rings. The van der Waals surface area contributed by atoms with E-state index in [9.17, 15) is 9.59 Å². The van der Waals surface area contributed by atoms with Crippen LogP contribution in [0.2, 0.25) is 0 Å². The van der Waals surface area contributed by atoms with Crippen LogP contribution in [-0.2, 0) is 9.59 Å². The summed E-state index contributed by atoms with van der Waals surface area (Å²) in [5.41, 5.74) is 0. The number of hydrogen-bond donors (Lipinski definition) is 1. The molecule has 1 N–H and O–H groups in total. The van der Waals surface area contributed by atoms with Crippen molar-refractivity contribution >= 4 is 11.8 Å². The van der Waals surface area contributed by atoms with Crippen LogP contribution in [0.5, 0.6) is 0 Å². The molecule has 3 aliphatic carbocycles. The fourth-order valence-electron chi connectivity index (χ4n) is 5.77. The number of carbonyl (C=O) groups excluding carboxylic acids is 2. The summed E-state index contributed by atoms with van der Waals surface area (Å²) >= 11 is 0. The Bertz CT molecular complexity index is 546. The third-order valence-corrected chi connectivity index (χ3v) is 7.24. The van der Waals surface area contributed by atoms with E-state index in [4.69, 9.17) is 0 Å². The Labute approximate surface area is 157 Å². The maximum atomic E-state index is 13.4. The van der Waals surface area contributed by atoms with Crippen LogP contribution in [-0.4, -0.2) is 35.3 Å². The van der Waals surface area contributed by atoms with E-state index in [1.165, 1.54) is 38.5 Å². The number of fused-ring (bicyclic) bond motifs is 1. The molecule has 4 nitrogen and oxygen atoms in total. The zero-order valence-electron chi connectivity index (χ0n) is 16.0. The van der Waals surface area contributed by atoms with E-state index >= 15 is 0 Å². The van der Waals surface area contributed by atoms with Gasteiger partial charge < -0.3 is 10.2 Å². The number of rotatable bonds is 3. The first-order valence-corrected chi connectivity index (χ1v) is 11.0. The van der Waals surface area contributed by atoms with Crippen LogP contribution < -0.4 is 5.32 Å². The monoisotopic (exact) mass is 358 g/mol. The van der Waals surface area contributed by atoms with Crippen LogP contribution in [0.1, 0.15) is 77.0 Å². The molecule has 3 fully saturated rings. The number of nitrogens with one attached hydrogen (secondary N) is 1. The van der Waals surface area contributed by atoms with E-state index in [-0.39, 0.29) is 29.6 Å². The van der Waals surface area contributed by atoms with Crippen molar-refractivity contribution in [1.82, 2.24) is 10.2 Å². The molecule has 2 saturated carbocycles. The lowest BCUT2D eigenvalue weighted by molar-refractivity contribution is -0.150. The summed E-state index contributed by atoms with van der Waals surface area (Å²) in [4.78, 5) is 28.6. The zero-order valence-corrected chi connectivity index (χ0v) is 16.0. The molecule has 1 heterocycles. The Morgan fingerprint density at radius 1 is 0.962 bits per heavy atom. The molecule has 4 heteroatoms. The molecule has 1 saturated heterocycles. The van der Waals surface area contributed by atoms with Crippen LogP contribution in [0.15, 0.2) is 12.2 Å². The van der Waals surface area contributed by atoms with Gasteiger partial charge >= 0.3 is 0 Å². The molecule has 144 valence electrons. The van der Waals surface area contributed by atoms with E-state index in [0.29, 0.717) is 12.1 Å². The van der Waals surface area contributed by atoms with Gasteiger partial charge in [-0.1, -0.05) is 50.7 Å². The Morgan fingerprint density at radius 2 is 1.65 bits per heavy atom. The first kappa shape index (κ1) is 18.1. The van der Waals surface area contributed by atoms with Crippen LogP contribution in [0.4, 0.5) is 0 Å². The Balaban J connectivity index is 1.45. The average Bonchev–Trinajstić information content (AvgIpc) is 2.69. The standard InChI is InChI=1S/C22H34N2O2/c25-21(23-17-9-3-1-4-10-17)19-13-7-8-16-14-15-24(22(26)20(16)19)18-11-5-2-6-12-18/h7-8,16-20H,1-6,9-15H2,(H,23,25)/t16-,19-,20+/m1/s1. The van der Waals surface area contributed by atoms with Crippen molar-refractivity contribution in [3.63, 3.8) is 0 Å². The van der Waals surface area contributed by atoms with E-state index in [0.717, 1.165) is 45.1 Å². The number of piperidine rings is 1. The molecule has 3 atom stereocenters. The fourth-order valence-corrected chi connectivity index (χ4v) is 5.77. The highest BCUT2D eigenvalue weighted by Crippen LogP contribution is 2.39. The Morgan fingerprint density at radius 3 is 2.38 bits per heavy atom. The predicted molar refractivity (Wildman–Crippen MR) is 102 cm³/mol. The second kappa shape index (κ2) is 8.14. The fraction of sp³-hybridized carbons (Fsp3) is 0.818. The molecule has 4 rings (SSSR count). The second-order valence-corrected chi connectivity index (χ2v) is 8.92. The largest absolute Gasteiger partial charge is 0.353 e. The summed E-state index contributed by atoms with van der Waals surface area (Å²) in [6.45, 7) is 0.881. The average molecular weight is 359 g/mol. The van der Waals surface area contributed by atoms with E-state index in [1.807, 2.05) is 0 Å². The number of hydrogen-bond acceptors (Lipinski definition) is 2. The molecule has 4 aliphatic rings. The number of nitrogens with zero attached hydrogens (tertiary/aromatic N) is 1. The molecule has 0 aromatic heterocycles. The van der Waals surface area contributed by atoms with Gasteiger partial charge in [0.25, 0.3) is 0 Å². The summed E-state index contributed by atoms with van der Waals surface area (Å²) < 4.78 is 0. The number of amides is 2. The van der Waals surface area contributed by atoms with E-state index in [2.05, 4.69) is 22.4 Å². The number of likely N-dealkylation sites (tertiary alicyclic amines) is 1. The molecular weight excluding hydrogens is 324 g/mol. The van der Waals surface area contributed by atoms with Crippen LogP contribution in [0, 0.1) is 17.8 Å². The van der Waals surface area contributed by atoms with Gasteiger partial charge in [0, 0.05) is 18.6 Å². The zero-order chi connectivity index (χ0) is 17.9. The van der Waals surface area contributed by atoms with Crippen molar-refractivity contribution in [2.45, 2.75) is 89.1 Å². The lowest BCUT2D eigenvalue weighted by Gasteiger charge is -2.45. The SMILES string of the molecule is O=C(NC1CCCCC1)[C@@H]1CC=C[C@@H]2CCN(C3CCCCC3)C(=O)[C@@H]21. The topological polar surface area (TPSA) is 49.4 Å². The molecule has 1 aliphatic heterocycles. The van der Waals surface area contributed by atoms with Gasteiger partial charge in [-0.2, -0.15) is 0 Å². The summed E-state index contributed by atoms with van der Waals surface area (Å²) in [7, 11) is 0. The lowest BCUT2D eigenvalue weighted by atomic mass is 9.70. The van der Waals surface area contributed by atoms with Gasteiger partial charge in [0.1, 0.15) is 0 Å². The molecule has 26 heavy (non-hydrogen) atoms. The Hall–Kier alpha value is -1.32.